The van der Waals surface area contributed by atoms with Crippen LogP contribution in [-0.2, 0) is 13.0 Å². The number of hydrogen-bond acceptors (Lipinski definition) is 4. The van der Waals surface area contributed by atoms with Gasteiger partial charge in [-0.25, -0.2) is 9.37 Å². The molecule has 0 saturated heterocycles. The second-order valence-corrected chi connectivity index (χ2v) is 4.28. The topological polar surface area (TPSA) is 48.1 Å². The van der Waals surface area contributed by atoms with Crippen LogP contribution in [0.1, 0.15) is 11.3 Å². The van der Waals surface area contributed by atoms with E-state index in [1.807, 2.05) is 5.38 Å². The molecule has 1 heterocycles. The maximum Gasteiger partial charge on any atom is 0.131 e. The van der Waals surface area contributed by atoms with Gasteiger partial charge >= 0.3 is 0 Å². The van der Waals surface area contributed by atoms with Gasteiger partial charge in [0.25, 0.3) is 0 Å². The summed E-state index contributed by atoms with van der Waals surface area (Å²) in [5.74, 6) is 0.402. The van der Waals surface area contributed by atoms with E-state index >= 15 is 0 Å². The van der Waals surface area contributed by atoms with Gasteiger partial charge in [-0.15, -0.1) is 11.3 Å². The number of hydrogen-bond donors (Lipinski definition) is 1. The Hall–Kier alpha value is -1.46. The first-order chi connectivity index (χ1) is 8.29. The highest BCUT2D eigenvalue weighted by Gasteiger charge is 2.05. The molecule has 0 bridgehead atoms. The van der Waals surface area contributed by atoms with E-state index in [2.05, 4.69) is 4.98 Å². The molecule has 2 rings (SSSR count). The lowest BCUT2D eigenvalue weighted by Crippen LogP contribution is -2.06. The van der Waals surface area contributed by atoms with Crippen LogP contribution in [0.25, 0.3) is 0 Å². The Bertz CT molecular complexity index is 473. The second-order valence-electron chi connectivity index (χ2n) is 3.56. The molecule has 1 aromatic heterocycles. The average Bonchev–Trinajstić information content (AvgIpc) is 2.81. The highest BCUT2D eigenvalue weighted by Crippen LogP contribution is 2.21. The van der Waals surface area contributed by atoms with Gasteiger partial charge in [-0.1, -0.05) is 0 Å². The first-order valence-electron chi connectivity index (χ1n) is 5.28. The lowest BCUT2D eigenvalue weighted by atomic mass is 10.1. The predicted octanol–water partition coefficient (Wildman–Crippen LogP) is 2.36. The van der Waals surface area contributed by atoms with Gasteiger partial charge in [0.15, 0.2) is 0 Å². The van der Waals surface area contributed by atoms with Gasteiger partial charge in [-0.05, 0) is 36.7 Å². The number of thiazole rings is 1. The Morgan fingerprint density at radius 2 is 2.29 bits per heavy atom. The van der Waals surface area contributed by atoms with E-state index in [0.717, 1.165) is 11.3 Å². The zero-order valence-electron chi connectivity index (χ0n) is 9.23. The maximum absolute atomic E-state index is 13.1. The van der Waals surface area contributed by atoms with Crippen LogP contribution in [0.15, 0.2) is 29.1 Å². The van der Waals surface area contributed by atoms with Crippen molar-refractivity contribution >= 4 is 11.3 Å². The summed E-state index contributed by atoms with van der Waals surface area (Å²) in [6.45, 7) is 0.864. The molecule has 0 amide bonds. The molecule has 90 valence electrons. The Balaban J connectivity index is 2.08. The minimum Gasteiger partial charge on any atom is -0.487 e. The summed E-state index contributed by atoms with van der Waals surface area (Å²) < 4.78 is 18.7. The van der Waals surface area contributed by atoms with E-state index in [0.29, 0.717) is 25.3 Å². The fourth-order valence-electron chi connectivity index (χ4n) is 1.50. The molecule has 2 N–H and O–H groups in total. The van der Waals surface area contributed by atoms with Crippen LogP contribution in [0.2, 0.25) is 0 Å². The van der Waals surface area contributed by atoms with Crippen molar-refractivity contribution in [2.24, 2.45) is 5.73 Å². The smallest absolute Gasteiger partial charge is 0.131 e. The van der Waals surface area contributed by atoms with Crippen LogP contribution >= 0.6 is 11.3 Å². The number of rotatable bonds is 5. The van der Waals surface area contributed by atoms with Gasteiger partial charge in [0.05, 0.1) is 11.2 Å². The van der Waals surface area contributed by atoms with Crippen molar-refractivity contribution in [1.29, 1.82) is 0 Å². The molecule has 0 saturated carbocycles. The third kappa shape index (κ3) is 3.25. The summed E-state index contributed by atoms with van der Waals surface area (Å²) in [5.41, 5.74) is 8.90. The minimum atomic E-state index is -0.269. The summed E-state index contributed by atoms with van der Waals surface area (Å²) >= 11 is 1.52. The monoisotopic (exact) mass is 252 g/mol. The molecule has 1 aromatic carbocycles. The zero-order chi connectivity index (χ0) is 12.1. The van der Waals surface area contributed by atoms with Crippen molar-refractivity contribution in [2.45, 2.75) is 13.0 Å². The van der Waals surface area contributed by atoms with Gasteiger partial charge in [0.2, 0.25) is 0 Å². The van der Waals surface area contributed by atoms with E-state index in [1.165, 1.54) is 23.5 Å². The number of ether oxygens (including phenoxy) is 1. The molecule has 0 aliphatic heterocycles. The summed E-state index contributed by atoms with van der Waals surface area (Å²) in [4.78, 5) is 4.12. The highest BCUT2D eigenvalue weighted by atomic mass is 32.1. The quantitative estimate of drug-likeness (QED) is 0.888. The fourth-order valence-corrected chi connectivity index (χ4v) is 2.04. The molecule has 0 radical (unpaired) electrons. The molecule has 17 heavy (non-hydrogen) atoms. The molecule has 0 unspecified atom stereocenters. The summed E-state index contributed by atoms with van der Waals surface area (Å²) in [6, 6.07) is 4.48. The van der Waals surface area contributed by atoms with E-state index in [1.54, 1.807) is 11.6 Å². The molecule has 5 heteroatoms. The van der Waals surface area contributed by atoms with Crippen molar-refractivity contribution in [1.82, 2.24) is 4.98 Å². The third-order valence-corrected chi connectivity index (χ3v) is 2.93. The lowest BCUT2D eigenvalue weighted by molar-refractivity contribution is 0.298. The lowest BCUT2D eigenvalue weighted by Gasteiger charge is -2.10. The average molecular weight is 252 g/mol. The SMILES string of the molecule is NCCc1cc(F)ccc1OCc1cscn1. The van der Waals surface area contributed by atoms with E-state index in [9.17, 15) is 4.39 Å². The molecule has 0 aliphatic rings. The normalized spacial score (nSPS) is 10.5. The molecule has 0 fully saturated rings. The number of aromatic nitrogens is 1. The van der Waals surface area contributed by atoms with E-state index in [4.69, 9.17) is 10.5 Å². The van der Waals surface area contributed by atoms with Crippen molar-refractivity contribution in [3.05, 3.63) is 46.2 Å². The number of nitrogens with zero attached hydrogens (tertiary/aromatic N) is 1. The van der Waals surface area contributed by atoms with E-state index in [-0.39, 0.29) is 5.82 Å². The predicted molar refractivity (Wildman–Crippen MR) is 65.6 cm³/mol. The summed E-state index contributed by atoms with van der Waals surface area (Å²) in [5, 5.41) is 1.92. The summed E-state index contributed by atoms with van der Waals surface area (Å²) in [6.07, 6.45) is 0.601. The van der Waals surface area contributed by atoms with Crippen molar-refractivity contribution in [3.8, 4) is 5.75 Å². The fraction of sp³-hybridized carbons (Fsp3) is 0.250. The molecule has 2 aromatic rings. The molecule has 0 spiro atoms. The van der Waals surface area contributed by atoms with Crippen LogP contribution in [0.3, 0.4) is 0 Å². The maximum atomic E-state index is 13.1. The molecular weight excluding hydrogens is 239 g/mol. The molecule has 0 atom stereocenters. The van der Waals surface area contributed by atoms with Gasteiger partial charge in [-0.2, -0.15) is 0 Å². The van der Waals surface area contributed by atoms with Crippen LogP contribution in [-0.4, -0.2) is 11.5 Å². The van der Waals surface area contributed by atoms with Gasteiger partial charge in [0, 0.05) is 5.38 Å². The standard InChI is InChI=1S/C12H13FN2OS/c13-10-1-2-12(9(5-10)3-4-14)16-6-11-7-17-8-15-11/h1-2,5,7-8H,3-4,6,14H2. The first-order valence-corrected chi connectivity index (χ1v) is 6.22. The van der Waals surface area contributed by atoms with Gasteiger partial charge in [0.1, 0.15) is 18.2 Å². The third-order valence-electron chi connectivity index (χ3n) is 2.30. The van der Waals surface area contributed by atoms with Crippen molar-refractivity contribution in [2.75, 3.05) is 6.54 Å². The Kier molecular flexibility index (Phi) is 4.06. The Morgan fingerprint density at radius 3 is 3.00 bits per heavy atom. The van der Waals surface area contributed by atoms with Crippen molar-refractivity contribution in [3.63, 3.8) is 0 Å². The zero-order valence-corrected chi connectivity index (χ0v) is 10.0. The van der Waals surface area contributed by atoms with Crippen LogP contribution in [0.5, 0.6) is 5.75 Å². The molecular formula is C12H13FN2OS. The summed E-state index contributed by atoms with van der Waals surface area (Å²) in [7, 11) is 0. The first kappa shape index (κ1) is 12.0. The largest absolute Gasteiger partial charge is 0.487 e. The van der Waals surface area contributed by atoms with Crippen LogP contribution < -0.4 is 10.5 Å². The minimum absolute atomic E-state index is 0.269. The number of benzene rings is 1. The Labute approximate surface area is 103 Å². The van der Waals surface area contributed by atoms with Crippen LogP contribution in [0.4, 0.5) is 4.39 Å². The van der Waals surface area contributed by atoms with Gasteiger partial charge < -0.3 is 10.5 Å². The Morgan fingerprint density at radius 1 is 1.41 bits per heavy atom. The van der Waals surface area contributed by atoms with Gasteiger partial charge in [-0.3, -0.25) is 0 Å². The molecule has 0 aliphatic carbocycles. The van der Waals surface area contributed by atoms with Crippen molar-refractivity contribution < 1.29 is 9.13 Å². The van der Waals surface area contributed by atoms with E-state index < -0.39 is 0 Å². The highest BCUT2D eigenvalue weighted by molar-refractivity contribution is 7.07. The number of nitrogens with two attached hydrogens (primary N) is 1. The molecule has 3 nitrogen and oxygen atoms in total. The second kappa shape index (κ2) is 5.75. The number of halogens is 1. The van der Waals surface area contributed by atoms with Crippen LogP contribution in [0, 0.1) is 5.82 Å².